The zero-order valence-electron chi connectivity index (χ0n) is 13.4. The van der Waals surface area contributed by atoms with Crippen LogP contribution in [0.15, 0.2) is 0 Å². The maximum atomic E-state index is 12.1. The predicted molar refractivity (Wildman–Crippen MR) is 90.1 cm³/mol. The van der Waals surface area contributed by atoms with Crippen molar-refractivity contribution in [2.24, 2.45) is 5.92 Å². The summed E-state index contributed by atoms with van der Waals surface area (Å²) in [7, 11) is 0. The fourth-order valence-electron chi connectivity index (χ4n) is 3.17. The molecule has 128 valence electrons. The zero-order chi connectivity index (χ0) is 14.9. The highest BCUT2D eigenvalue weighted by atomic mass is 35.5. The topological polar surface area (TPSA) is 61.4 Å². The number of likely N-dealkylation sites (tertiary alicyclic amines) is 1. The summed E-state index contributed by atoms with van der Waals surface area (Å²) in [4.78, 5) is 25.8. The van der Waals surface area contributed by atoms with E-state index in [-0.39, 0.29) is 24.2 Å². The van der Waals surface area contributed by atoms with E-state index < -0.39 is 0 Å². The van der Waals surface area contributed by atoms with Gasteiger partial charge in [0.25, 0.3) is 0 Å². The highest BCUT2D eigenvalue weighted by molar-refractivity contribution is 5.85. The highest BCUT2D eigenvalue weighted by Crippen LogP contribution is 2.14. The van der Waals surface area contributed by atoms with Crippen molar-refractivity contribution in [3.05, 3.63) is 0 Å². The summed E-state index contributed by atoms with van der Waals surface area (Å²) in [5.74, 6) is 0.928. The molecule has 2 fully saturated rings. The molecule has 0 bridgehead atoms. The van der Waals surface area contributed by atoms with Gasteiger partial charge in [-0.15, -0.1) is 12.4 Å². The molecule has 22 heavy (non-hydrogen) atoms. The van der Waals surface area contributed by atoms with Crippen LogP contribution in [0.25, 0.3) is 0 Å². The van der Waals surface area contributed by atoms with Gasteiger partial charge in [0.15, 0.2) is 0 Å². The minimum Gasteiger partial charge on any atom is -0.356 e. The Balaban J connectivity index is 0.00000242. The van der Waals surface area contributed by atoms with E-state index in [2.05, 4.69) is 10.6 Å². The lowest BCUT2D eigenvalue weighted by Crippen LogP contribution is -2.35. The summed E-state index contributed by atoms with van der Waals surface area (Å²) in [6, 6.07) is 0. The van der Waals surface area contributed by atoms with Crippen LogP contribution in [-0.4, -0.2) is 49.4 Å². The van der Waals surface area contributed by atoms with E-state index in [1.165, 1.54) is 19.3 Å². The minimum absolute atomic E-state index is 0. The molecule has 0 radical (unpaired) electrons. The van der Waals surface area contributed by atoms with Gasteiger partial charge < -0.3 is 15.5 Å². The van der Waals surface area contributed by atoms with Gasteiger partial charge in [0.1, 0.15) is 0 Å². The van der Waals surface area contributed by atoms with Crippen molar-refractivity contribution in [1.29, 1.82) is 0 Å². The maximum Gasteiger partial charge on any atom is 0.224 e. The molecule has 0 aromatic carbocycles. The standard InChI is InChI=1S/C16H29N3O2.ClH/c20-15(6-5-14-7-9-17-13-14)18-10-8-16(21)19-11-3-1-2-4-12-19;/h14,17H,1-13H2,(H,18,20);1H. The molecule has 0 saturated carbocycles. The summed E-state index contributed by atoms with van der Waals surface area (Å²) < 4.78 is 0. The first-order chi connectivity index (χ1) is 10.3. The van der Waals surface area contributed by atoms with Crippen LogP contribution in [0, 0.1) is 5.92 Å². The Morgan fingerprint density at radius 1 is 1.09 bits per heavy atom. The first kappa shape index (κ1) is 19.2. The van der Waals surface area contributed by atoms with E-state index in [9.17, 15) is 9.59 Å². The Hall–Kier alpha value is -0.810. The number of amides is 2. The van der Waals surface area contributed by atoms with Crippen molar-refractivity contribution in [2.45, 2.75) is 51.4 Å². The van der Waals surface area contributed by atoms with Crippen molar-refractivity contribution in [3.8, 4) is 0 Å². The number of hydrogen-bond acceptors (Lipinski definition) is 3. The molecule has 2 saturated heterocycles. The molecule has 1 atom stereocenters. The summed E-state index contributed by atoms with van der Waals surface area (Å²) in [6.45, 7) is 4.39. The lowest BCUT2D eigenvalue weighted by atomic mass is 10.0. The molecular formula is C16H30ClN3O2. The van der Waals surface area contributed by atoms with E-state index in [0.29, 0.717) is 25.3 Å². The van der Waals surface area contributed by atoms with Crippen LogP contribution in [-0.2, 0) is 9.59 Å². The molecule has 6 heteroatoms. The van der Waals surface area contributed by atoms with Crippen LogP contribution in [0.5, 0.6) is 0 Å². The smallest absolute Gasteiger partial charge is 0.224 e. The second-order valence-corrected chi connectivity index (χ2v) is 6.29. The normalized spacial score (nSPS) is 21.8. The molecule has 2 amide bonds. The number of nitrogens with zero attached hydrogens (tertiary/aromatic N) is 1. The average Bonchev–Trinajstić information content (AvgIpc) is 2.85. The molecule has 1 unspecified atom stereocenters. The number of hydrogen-bond donors (Lipinski definition) is 2. The Labute approximate surface area is 140 Å². The summed E-state index contributed by atoms with van der Waals surface area (Å²) >= 11 is 0. The number of nitrogens with one attached hydrogen (secondary N) is 2. The molecule has 2 aliphatic heterocycles. The van der Waals surface area contributed by atoms with Crippen molar-refractivity contribution < 1.29 is 9.59 Å². The Morgan fingerprint density at radius 2 is 1.82 bits per heavy atom. The van der Waals surface area contributed by atoms with Gasteiger partial charge in [-0.25, -0.2) is 0 Å². The van der Waals surface area contributed by atoms with E-state index in [4.69, 9.17) is 0 Å². The van der Waals surface area contributed by atoms with Gasteiger partial charge >= 0.3 is 0 Å². The molecule has 0 spiro atoms. The van der Waals surface area contributed by atoms with Gasteiger partial charge in [-0.3, -0.25) is 9.59 Å². The summed E-state index contributed by atoms with van der Waals surface area (Å²) in [6.07, 6.45) is 7.87. The zero-order valence-corrected chi connectivity index (χ0v) is 14.3. The molecule has 5 nitrogen and oxygen atoms in total. The summed E-state index contributed by atoms with van der Waals surface area (Å²) in [5, 5.41) is 6.20. The van der Waals surface area contributed by atoms with Crippen LogP contribution in [0.3, 0.4) is 0 Å². The Kier molecular flexibility index (Phi) is 9.48. The van der Waals surface area contributed by atoms with Gasteiger partial charge in [0.05, 0.1) is 0 Å². The Bertz CT molecular complexity index is 338. The third-order valence-electron chi connectivity index (χ3n) is 4.56. The largest absolute Gasteiger partial charge is 0.356 e. The van der Waals surface area contributed by atoms with Crippen molar-refractivity contribution >= 4 is 24.2 Å². The van der Waals surface area contributed by atoms with Crippen LogP contribution in [0.1, 0.15) is 51.4 Å². The highest BCUT2D eigenvalue weighted by Gasteiger charge is 2.17. The van der Waals surface area contributed by atoms with Gasteiger partial charge in [0.2, 0.25) is 11.8 Å². The van der Waals surface area contributed by atoms with Gasteiger partial charge in [-0.1, -0.05) is 12.8 Å². The van der Waals surface area contributed by atoms with Crippen LogP contribution in [0.4, 0.5) is 0 Å². The molecule has 0 aromatic rings. The van der Waals surface area contributed by atoms with E-state index in [0.717, 1.165) is 45.4 Å². The molecule has 2 rings (SSSR count). The number of carbonyl (C=O) groups excluding carboxylic acids is 2. The minimum atomic E-state index is 0. The van der Waals surface area contributed by atoms with E-state index in [1.54, 1.807) is 0 Å². The molecule has 0 aliphatic carbocycles. The SMILES string of the molecule is Cl.O=C(CCC1CCNC1)NCCC(=O)N1CCCCCC1. The fraction of sp³-hybridized carbons (Fsp3) is 0.875. The first-order valence-electron chi connectivity index (χ1n) is 8.51. The molecule has 2 N–H and O–H groups in total. The second-order valence-electron chi connectivity index (χ2n) is 6.29. The number of rotatable bonds is 6. The lowest BCUT2D eigenvalue weighted by molar-refractivity contribution is -0.131. The number of halogens is 1. The van der Waals surface area contributed by atoms with Gasteiger partial charge in [-0.05, 0) is 44.7 Å². The monoisotopic (exact) mass is 331 g/mol. The van der Waals surface area contributed by atoms with Crippen molar-refractivity contribution in [2.75, 3.05) is 32.7 Å². The quantitative estimate of drug-likeness (QED) is 0.779. The molecule has 0 aromatic heterocycles. The lowest BCUT2D eigenvalue weighted by Gasteiger charge is -2.20. The van der Waals surface area contributed by atoms with E-state index >= 15 is 0 Å². The van der Waals surface area contributed by atoms with Gasteiger partial charge in [-0.2, -0.15) is 0 Å². The molecule has 2 heterocycles. The first-order valence-corrected chi connectivity index (χ1v) is 8.51. The third-order valence-corrected chi connectivity index (χ3v) is 4.56. The van der Waals surface area contributed by atoms with Crippen LogP contribution in [0.2, 0.25) is 0 Å². The number of carbonyl (C=O) groups is 2. The third kappa shape index (κ3) is 6.97. The van der Waals surface area contributed by atoms with Crippen molar-refractivity contribution in [1.82, 2.24) is 15.5 Å². The molecular weight excluding hydrogens is 302 g/mol. The van der Waals surface area contributed by atoms with Crippen molar-refractivity contribution in [3.63, 3.8) is 0 Å². The average molecular weight is 332 g/mol. The van der Waals surface area contributed by atoms with Gasteiger partial charge in [0, 0.05) is 32.5 Å². The van der Waals surface area contributed by atoms with Crippen LogP contribution >= 0.6 is 12.4 Å². The maximum absolute atomic E-state index is 12.1. The Morgan fingerprint density at radius 3 is 2.45 bits per heavy atom. The second kappa shape index (κ2) is 10.8. The van der Waals surface area contributed by atoms with Crippen LogP contribution < -0.4 is 10.6 Å². The molecule has 2 aliphatic rings. The fourth-order valence-corrected chi connectivity index (χ4v) is 3.17. The summed E-state index contributed by atoms with van der Waals surface area (Å²) in [5.41, 5.74) is 0. The van der Waals surface area contributed by atoms with E-state index in [1.807, 2.05) is 4.90 Å². The predicted octanol–water partition coefficient (Wildman–Crippen LogP) is 1.71.